The fourth-order valence-corrected chi connectivity index (χ4v) is 4.45. The molecule has 8 heteroatoms. The molecular formula is C17H17ClN4O2S. The van der Waals surface area contributed by atoms with E-state index in [0.29, 0.717) is 42.6 Å². The molecule has 0 radical (unpaired) electrons. The first-order valence-electron chi connectivity index (χ1n) is 7.80. The molecule has 1 aromatic carbocycles. The first kappa shape index (κ1) is 17.7. The number of hydrogen-bond acceptors (Lipinski definition) is 5. The van der Waals surface area contributed by atoms with Crippen molar-refractivity contribution in [1.82, 2.24) is 9.29 Å². The Morgan fingerprint density at radius 1 is 1.20 bits per heavy atom. The van der Waals surface area contributed by atoms with E-state index < -0.39 is 10.0 Å². The number of benzene rings is 1. The van der Waals surface area contributed by atoms with Gasteiger partial charge in [0.15, 0.2) is 0 Å². The normalized spacial score (nSPS) is 15.8. The molecule has 3 rings (SSSR count). The molecule has 130 valence electrons. The van der Waals surface area contributed by atoms with Gasteiger partial charge >= 0.3 is 0 Å². The van der Waals surface area contributed by atoms with Gasteiger partial charge in [-0.05, 0) is 36.8 Å². The van der Waals surface area contributed by atoms with Crippen LogP contribution in [0.2, 0.25) is 5.02 Å². The van der Waals surface area contributed by atoms with E-state index in [4.69, 9.17) is 11.6 Å². The number of aryl methyl sites for hydroxylation is 1. The minimum absolute atomic E-state index is 0.201. The molecule has 0 saturated carbocycles. The van der Waals surface area contributed by atoms with Crippen molar-refractivity contribution in [3.05, 3.63) is 52.7 Å². The quantitative estimate of drug-likeness (QED) is 0.822. The maximum atomic E-state index is 12.8. The van der Waals surface area contributed by atoms with Crippen LogP contribution < -0.4 is 4.90 Å². The van der Waals surface area contributed by atoms with Gasteiger partial charge in [0.05, 0.1) is 10.5 Å². The fourth-order valence-electron chi connectivity index (χ4n) is 2.76. The lowest BCUT2D eigenvalue weighted by Gasteiger charge is -2.35. The highest BCUT2D eigenvalue weighted by Gasteiger charge is 2.29. The Bertz CT molecular complexity index is 932. The summed E-state index contributed by atoms with van der Waals surface area (Å²) >= 11 is 6.07. The number of aromatic nitrogens is 1. The Hall–Kier alpha value is -2.14. The van der Waals surface area contributed by atoms with E-state index in [1.54, 1.807) is 30.5 Å². The number of piperazine rings is 1. The molecular weight excluding hydrogens is 360 g/mol. The van der Waals surface area contributed by atoms with Gasteiger partial charge in [-0.3, -0.25) is 0 Å². The van der Waals surface area contributed by atoms with E-state index in [2.05, 4.69) is 11.1 Å². The van der Waals surface area contributed by atoms with Crippen LogP contribution in [0.15, 0.2) is 41.4 Å². The topological polar surface area (TPSA) is 77.3 Å². The highest BCUT2D eigenvalue weighted by atomic mass is 35.5. The zero-order valence-corrected chi connectivity index (χ0v) is 15.3. The molecule has 1 aromatic heterocycles. The van der Waals surface area contributed by atoms with Gasteiger partial charge in [0.1, 0.15) is 11.9 Å². The second-order valence-corrected chi connectivity index (χ2v) is 8.13. The van der Waals surface area contributed by atoms with E-state index in [1.165, 1.54) is 10.4 Å². The monoisotopic (exact) mass is 376 g/mol. The second-order valence-electron chi connectivity index (χ2n) is 5.79. The maximum Gasteiger partial charge on any atom is 0.243 e. The van der Waals surface area contributed by atoms with Gasteiger partial charge in [0.25, 0.3) is 0 Å². The number of anilines is 1. The summed E-state index contributed by atoms with van der Waals surface area (Å²) in [6, 6.07) is 10.3. The molecule has 0 amide bonds. The lowest BCUT2D eigenvalue weighted by atomic mass is 10.2. The van der Waals surface area contributed by atoms with E-state index in [-0.39, 0.29) is 4.90 Å². The van der Waals surface area contributed by atoms with Gasteiger partial charge in [-0.2, -0.15) is 9.57 Å². The van der Waals surface area contributed by atoms with Crippen LogP contribution in [0.4, 0.5) is 5.82 Å². The summed E-state index contributed by atoms with van der Waals surface area (Å²) in [5, 5.41) is 9.63. The Balaban J connectivity index is 1.77. The number of nitriles is 1. The third-order valence-corrected chi connectivity index (χ3v) is 6.53. The highest BCUT2D eigenvalue weighted by molar-refractivity contribution is 7.89. The zero-order valence-electron chi connectivity index (χ0n) is 13.7. The smallest absolute Gasteiger partial charge is 0.243 e. The van der Waals surface area contributed by atoms with Crippen LogP contribution in [-0.2, 0) is 10.0 Å². The van der Waals surface area contributed by atoms with Crippen molar-refractivity contribution >= 4 is 27.4 Å². The van der Waals surface area contributed by atoms with Gasteiger partial charge in [0, 0.05) is 37.4 Å². The van der Waals surface area contributed by atoms with Gasteiger partial charge in [0.2, 0.25) is 10.0 Å². The minimum atomic E-state index is -3.59. The molecule has 0 unspecified atom stereocenters. The Kier molecular flexibility index (Phi) is 4.95. The summed E-state index contributed by atoms with van der Waals surface area (Å²) in [6.45, 7) is 3.44. The summed E-state index contributed by atoms with van der Waals surface area (Å²) in [4.78, 5) is 6.40. The summed E-state index contributed by atoms with van der Waals surface area (Å²) in [5.41, 5.74) is 1.33. The molecule has 0 atom stereocenters. The fraction of sp³-hybridized carbons (Fsp3) is 0.294. The van der Waals surface area contributed by atoms with Crippen molar-refractivity contribution in [3.8, 4) is 6.07 Å². The first-order valence-corrected chi connectivity index (χ1v) is 9.61. The zero-order chi connectivity index (χ0) is 18.0. The van der Waals surface area contributed by atoms with Crippen LogP contribution in [0.1, 0.15) is 11.1 Å². The molecule has 1 aliphatic heterocycles. The van der Waals surface area contributed by atoms with Crippen molar-refractivity contribution < 1.29 is 8.42 Å². The van der Waals surface area contributed by atoms with E-state index >= 15 is 0 Å². The minimum Gasteiger partial charge on any atom is -0.353 e. The van der Waals surface area contributed by atoms with Crippen LogP contribution >= 0.6 is 11.6 Å². The molecule has 6 nitrogen and oxygen atoms in total. The third kappa shape index (κ3) is 3.47. The summed E-state index contributed by atoms with van der Waals surface area (Å²) < 4.78 is 27.0. The standard InChI is InChI=1S/C17H17ClN4O2S/c1-13-4-5-15(11-16(13)18)25(23,24)22-9-7-21(8-10-22)17-14(12-19)3-2-6-20-17/h2-6,11H,7-10H2,1H3. The van der Waals surface area contributed by atoms with E-state index in [9.17, 15) is 13.7 Å². The van der Waals surface area contributed by atoms with Crippen LogP contribution in [0.25, 0.3) is 0 Å². The predicted molar refractivity (Wildman–Crippen MR) is 96.1 cm³/mol. The summed E-state index contributed by atoms with van der Waals surface area (Å²) in [7, 11) is -3.59. The van der Waals surface area contributed by atoms with Gasteiger partial charge in [-0.15, -0.1) is 0 Å². The molecule has 1 fully saturated rings. The Morgan fingerprint density at radius 3 is 2.56 bits per heavy atom. The van der Waals surface area contributed by atoms with Gasteiger partial charge < -0.3 is 4.90 Å². The van der Waals surface area contributed by atoms with Crippen molar-refractivity contribution in [2.24, 2.45) is 0 Å². The number of nitrogens with zero attached hydrogens (tertiary/aromatic N) is 4. The summed E-state index contributed by atoms with van der Waals surface area (Å²) in [5.74, 6) is 0.598. The lowest BCUT2D eigenvalue weighted by Crippen LogP contribution is -2.49. The number of pyridine rings is 1. The van der Waals surface area contributed by atoms with Crippen molar-refractivity contribution in [1.29, 1.82) is 5.26 Å². The molecule has 2 aromatic rings. The number of sulfonamides is 1. The Morgan fingerprint density at radius 2 is 1.92 bits per heavy atom. The van der Waals surface area contributed by atoms with Crippen molar-refractivity contribution in [2.75, 3.05) is 31.1 Å². The molecule has 2 heterocycles. The van der Waals surface area contributed by atoms with Gasteiger partial charge in [-0.25, -0.2) is 13.4 Å². The van der Waals surface area contributed by atoms with E-state index in [0.717, 1.165) is 5.56 Å². The lowest BCUT2D eigenvalue weighted by molar-refractivity contribution is 0.383. The average Bonchev–Trinajstić information content (AvgIpc) is 2.64. The van der Waals surface area contributed by atoms with E-state index in [1.807, 2.05) is 11.8 Å². The summed E-state index contributed by atoms with van der Waals surface area (Å²) in [6.07, 6.45) is 1.63. The Labute approximate surface area is 152 Å². The maximum absolute atomic E-state index is 12.8. The molecule has 0 aliphatic carbocycles. The van der Waals surface area contributed by atoms with Crippen LogP contribution in [-0.4, -0.2) is 43.9 Å². The molecule has 1 saturated heterocycles. The molecule has 0 bridgehead atoms. The largest absolute Gasteiger partial charge is 0.353 e. The predicted octanol–water partition coefficient (Wildman–Crippen LogP) is 2.43. The second kappa shape index (κ2) is 7.00. The number of rotatable bonds is 3. The van der Waals surface area contributed by atoms with Crippen molar-refractivity contribution in [2.45, 2.75) is 11.8 Å². The third-order valence-electron chi connectivity index (χ3n) is 4.23. The van der Waals surface area contributed by atoms with Crippen molar-refractivity contribution in [3.63, 3.8) is 0 Å². The van der Waals surface area contributed by atoms with Crippen LogP contribution in [0.3, 0.4) is 0 Å². The first-order chi connectivity index (χ1) is 11.9. The molecule has 0 spiro atoms. The SMILES string of the molecule is Cc1ccc(S(=O)(=O)N2CCN(c3ncccc3C#N)CC2)cc1Cl. The van der Waals surface area contributed by atoms with Crippen LogP contribution in [0.5, 0.6) is 0 Å². The van der Waals surface area contributed by atoms with Gasteiger partial charge in [-0.1, -0.05) is 17.7 Å². The average molecular weight is 377 g/mol. The van der Waals surface area contributed by atoms with Crippen LogP contribution in [0, 0.1) is 18.3 Å². The molecule has 1 aliphatic rings. The molecule has 25 heavy (non-hydrogen) atoms. The highest BCUT2D eigenvalue weighted by Crippen LogP contribution is 2.25. The number of halogens is 1. The number of hydrogen-bond donors (Lipinski definition) is 0. The molecule has 0 N–H and O–H groups in total.